The Morgan fingerprint density at radius 2 is 1.64 bits per heavy atom. The lowest BCUT2D eigenvalue weighted by Gasteiger charge is -2.43. The second-order valence-electron chi connectivity index (χ2n) is 5.46. The van der Waals surface area contributed by atoms with E-state index in [4.69, 9.17) is 5.73 Å². The summed E-state index contributed by atoms with van der Waals surface area (Å²) in [6.45, 7) is 12.3. The molecule has 0 aliphatic carbocycles. The molecule has 0 bridgehead atoms. The van der Waals surface area contributed by atoms with Crippen LogP contribution in [-0.4, -0.2) is 55.6 Å². The van der Waals surface area contributed by atoms with Gasteiger partial charge in [0.05, 0.1) is 0 Å². The highest BCUT2D eigenvalue weighted by Gasteiger charge is 2.30. The van der Waals surface area contributed by atoms with Crippen LogP contribution >= 0.6 is 0 Å². The zero-order valence-electron chi connectivity index (χ0n) is 10.1. The number of nitrogens with two attached hydrogens (primary N) is 1. The lowest BCUT2D eigenvalue weighted by atomic mass is 9.85. The molecule has 3 nitrogen and oxygen atoms in total. The summed E-state index contributed by atoms with van der Waals surface area (Å²) in [6, 6.07) is 0.524. The second-order valence-corrected chi connectivity index (χ2v) is 5.46. The van der Waals surface area contributed by atoms with E-state index in [1.165, 1.54) is 13.1 Å². The number of likely N-dealkylation sites (N-methyl/N-ethyl adjacent to an activating group) is 1. The molecule has 14 heavy (non-hydrogen) atoms. The minimum atomic E-state index is 0.296. The van der Waals surface area contributed by atoms with Crippen LogP contribution in [0.2, 0.25) is 0 Å². The first-order valence-corrected chi connectivity index (χ1v) is 5.58. The van der Waals surface area contributed by atoms with Crippen molar-refractivity contribution in [3.8, 4) is 0 Å². The summed E-state index contributed by atoms with van der Waals surface area (Å²) in [4.78, 5) is 4.92. The van der Waals surface area contributed by atoms with Gasteiger partial charge in [-0.1, -0.05) is 20.8 Å². The number of piperazine rings is 1. The molecule has 3 heteroatoms. The predicted octanol–water partition coefficient (Wildman–Crippen LogP) is 0.607. The molecule has 1 rings (SSSR count). The molecule has 1 heterocycles. The fraction of sp³-hybridized carbons (Fsp3) is 1.00. The molecule has 0 aromatic carbocycles. The second kappa shape index (κ2) is 4.60. The molecule has 1 aliphatic heterocycles. The van der Waals surface area contributed by atoms with Gasteiger partial charge >= 0.3 is 0 Å². The maximum Gasteiger partial charge on any atom is 0.0267 e. The molecule has 1 atom stereocenters. The Morgan fingerprint density at radius 1 is 1.14 bits per heavy atom. The lowest BCUT2D eigenvalue weighted by Crippen LogP contribution is -2.55. The largest absolute Gasteiger partial charge is 0.329 e. The number of hydrogen-bond acceptors (Lipinski definition) is 3. The van der Waals surface area contributed by atoms with Gasteiger partial charge in [0.1, 0.15) is 0 Å². The highest BCUT2D eigenvalue weighted by molar-refractivity contribution is 4.86. The Balaban J connectivity index is 2.54. The van der Waals surface area contributed by atoms with Gasteiger partial charge in [0.2, 0.25) is 0 Å². The number of nitrogens with zero attached hydrogens (tertiary/aromatic N) is 2. The third-order valence-electron chi connectivity index (χ3n) is 3.20. The van der Waals surface area contributed by atoms with Crippen LogP contribution in [0.1, 0.15) is 20.8 Å². The van der Waals surface area contributed by atoms with Gasteiger partial charge in [-0.3, -0.25) is 4.90 Å². The van der Waals surface area contributed by atoms with Gasteiger partial charge in [0.15, 0.2) is 0 Å². The smallest absolute Gasteiger partial charge is 0.0267 e. The van der Waals surface area contributed by atoms with Gasteiger partial charge in [-0.25, -0.2) is 0 Å². The van der Waals surface area contributed by atoms with Gasteiger partial charge < -0.3 is 10.6 Å². The first-order valence-electron chi connectivity index (χ1n) is 5.58. The molecule has 0 aromatic rings. The van der Waals surface area contributed by atoms with Crippen LogP contribution in [0.25, 0.3) is 0 Å². The van der Waals surface area contributed by atoms with Crippen molar-refractivity contribution in [1.29, 1.82) is 0 Å². The van der Waals surface area contributed by atoms with E-state index in [9.17, 15) is 0 Å². The van der Waals surface area contributed by atoms with Gasteiger partial charge in [-0.15, -0.1) is 0 Å². The van der Waals surface area contributed by atoms with E-state index in [1.54, 1.807) is 0 Å². The zero-order valence-corrected chi connectivity index (χ0v) is 10.1. The van der Waals surface area contributed by atoms with Crippen LogP contribution in [0.3, 0.4) is 0 Å². The molecule has 84 valence electrons. The highest BCUT2D eigenvalue weighted by atomic mass is 15.3. The van der Waals surface area contributed by atoms with Crippen molar-refractivity contribution in [2.75, 3.05) is 39.8 Å². The van der Waals surface area contributed by atoms with Gasteiger partial charge in [-0.05, 0) is 12.5 Å². The van der Waals surface area contributed by atoms with Gasteiger partial charge in [0, 0.05) is 38.8 Å². The molecule has 1 aliphatic rings. The van der Waals surface area contributed by atoms with Crippen molar-refractivity contribution in [1.82, 2.24) is 9.80 Å². The van der Waals surface area contributed by atoms with E-state index in [0.29, 0.717) is 11.5 Å². The van der Waals surface area contributed by atoms with Crippen LogP contribution in [0.5, 0.6) is 0 Å². The Hall–Kier alpha value is -0.120. The normalized spacial score (nSPS) is 23.8. The fourth-order valence-corrected chi connectivity index (χ4v) is 2.18. The fourth-order valence-electron chi connectivity index (χ4n) is 2.18. The summed E-state index contributed by atoms with van der Waals surface area (Å²) < 4.78 is 0. The molecule has 0 radical (unpaired) electrons. The quantitative estimate of drug-likeness (QED) is 0.707. The van der Waals surface area contributed by atoms with Crippen molar-refractivity contribution in [3.63, 3.8) is 0 Å². The average Bonchev–Trinajstić information content (AvgIpc) is 2.07. The molecular formula is C11H25N3. The number of rotatable bonds is 2. The van der Waals surface area contributed by atoms with Crippen LogP contribution < -0.4 is 5.73 Å². The molecule has 0 saturated carbocycles. The summed E-state index contributed by atoms with van der Waals surface area (Å²) in [5, 5.41) is 0. The van der Waals surface area contributed by atoms with Crippen LogP contribution in [0.4, 0.5) is 0 Å². The van der Waals surface area contributed by atoms with Crippen molar-refractivity contribution in [2.45, 2.75) is 26.8 Å². The monoisotopic (exact) mass is 199 g/mol. The third-order valence-corrected chi connectivity index (χ3v) is 3.20. The first kappa shape index (κ1) is 12.0. The third kappa shape index (κ3) is 2.94. The molecule has 0 aromatic heterocycles. The van der Waals surface area contributed by atoms with Crippen LogP contribution in [0.15, 0.2) is 0 Å². The van der Waals surface area contributed by atoms with Gasteiger partial charge in [0.25, 0.3) is 0 Å². The molecule has 1 saturated heterocycles. The summed E-state index contributed by atoms with van der Waals surface area (Å²) in [6.07, 6.45) is 0. The Kier molecular flexibility index (Phi) is 3.93. The topological polar surface area (TPSA) is 32.5 Å². The SMILES string of the molecule is CN1CCN(C(CN)C(C)(C)C)CC1. The summed E-state index contributed by atoms with van der Waals surface area (Å²) in [7, 11) is 2.19. The number of hydrogen-bond donors (Lipinski definition) is 1. The van der Waals surface area contributed by atoms with Gasteiger partial charge in [-0.2, -0.15) is 0 Å². The van der Waals surface area contributed by atoms with Crippen molar-refractivity contribution < 1.29 is 0 Å². The predicted molar refractivity (Wildman–Crippen MR) is 61.4 cm³/mol. The Labute approximate surface area is 88.2 Å². The van der Waals surface area contributed by atoms with E-state index in [1.807, 2.05) is 0 Å². The van der Waals surface area contributed by atoms with E-state index in [2.05, 4.69) is 37.6 Å². The van der Waals surface area contributed by atoms with E-state index < -0.39 is 0 Å². The molecular weight excluding hydrogens is 174 g/mol. The maximum atomic E-state index is 5.87. The van der Waals surface area contributed by atoms with E-state index in [0.717, 1.165) is 19.6 Å². The Bertz CT molecular complexity index is 166. The standard InChI is InChI=1S/C11H25N3/c1-11(2,3)10(9-12)14-7-5-13(4)6-8-14/h10H,5-9,12H2,1-4H3. The minimum absolute atomic E-state index is 0.296. The van der Waals surface area contributed by atoms with Crippen LogP contribution in [0, 0.1) is 5.41 Å². The minimum Gasteiger partial charge on any atom is -0.329 e. The molecule has 2 N–H and O–H groups in total. The molecule has 0 amide bonds. The molecule has 1 unspecified atom stereocenters. The van der Waals surface area contributed by atoms with Crippen LogP contribution in [-0.2, 0) is 0 Å². The van der Waals surface area contributed by atoms with Crippen molar-refractivity contribution in [2.24, 2.45) is 11.1 Å². The van der Waals surface area contributed by atoms with E-state index in [-0.39, 0.29) is 0 Å². The average molecular weight is 199 g/mol. The summed E-state index contributed by atoms with van der Waals surface area (Å²) in [5.74, 6) is 0. The highest BCUT2D eigenvalue weighted by Crippen LogP contribution is 2.24. The van der Waals surface area contributed by atoms with E-state index >= 15 is 0 Å². The lowest BCUT2D eigenvalue weighted by molar-refractivity contribution is 0.0585. The van der Waals surface area contributed by atoms with Crippen molar-refractivity contribution in [3.05, 3.63) is 0 Å². The summed E-state index contributed by atoms with van der Waals surface area (Å²) >= 11 is 0. The van der Waals surface area contributed by atoms with Crippen molar-refractivity contribution >= 4 is 0 Å². The zero-order chi connectivity index (χ0) is 10.8. The summed E-state index contributed by atoms with van der Waals surface area (Å²) in [5.41, 5.74) is 6.17. The maximum absolute atomic E-state index is 5.87. The molecule has 1 fully saturated rings. The molecule has 0 spiro atoms. The first-order chi connectivity index (χ1) is 6.45. The Morgan fingerprint density at radius 3 is 2.00 bits per heavy atom.